The molecule has 0 aromatic heterocycles. The fourth-order valence-electron chi connectivity index (χ4n) is 5.40. The number of nitrogens with two attached hydrogens (primary N) is 1. The Hall–Kier alpha value is -3.18. The van der Waals surface area contributed by atoms with E-state index in [1.165, 1.54) is 6.92 Å². The second kappa shape index (κ2) is 15.4. The number of carbonyl (C=O) groups is 4. The molecule has 216 valence electrons. The number of nitrogens with zero attached hydrogens (tertiary/aromatic N) is 1. The standard InChI is InChI=1S/C28H43N5O6/c1-19(35)30-13-7-4-11-23-28(38)33-24(27(37)32-23)18-22(26(36)31-14-6-3-2-5-12-29)25(33)20-9-8-10-21(17-20)39-16-15-34/h8-10,17,22-25,34H,2-7,11-16,18,29H2,1H3,(H,30,35)(H,31,36)(H,32,37)/t22-,23-,24-,25-/m0/s1. The lowest BCUT2D eigenvalue weighted by atomic mass is 9.92. The molecule has 0 saturated carbocycles. The van der Waals surface area contributed by atoms with E-state index < -0.39 is 24.0 Å². The highest BCUT2D eigenvalue weighted by atomic mass is 16.5. The van der Waals surface area contributed by atoms with Gasteiger partial charge in [-0.1, -0.05) is 25.0 Å². The highest BCUT2D eigenvalue weighted by molar-refractivity contribution is 5.99. The minimum absolute atomic E-state index is 0.107. The van der Waals surface area contributed by atoms with Gasteiger partial charge in [0.2, 0.25) is 23.6 Å². The van der Waals surface area contributed by atoms with E-state index in [9.17, 15) is 19.2 Å². The Balaban J connectivity index is 1.77. The Morgan fingerprint density at radius 1 is 1.10 bits per heavy atom. The normalized spacial score (nSPS) is 22.3. The van der Waals surface area contributed by atoms with Crippen molar-refractivity contribution in [1.82, 2.24) is 20.9 Å². The third kappa shape index (κ3) is 8.40. The minimum Gasteiger partial charge on any atom is -0.491 e. The molecule has 4 atom stereocenters. The number of hydrogen-bond acceptors (Lipinski definition) is 7. The van der Waals surface area contributed by atoms with E-state index in [0.29, 0.717) is 50.2 Å². The van der Waals surface area contributed by atoms with Gasteiger partial charge in [-0.3, -0.25) is 19.2 Å². The van der Waals surface area contributed by atoms with Crippen LogP contribution in [0.5, 0.6) is 5.75 Å². The maximum Gasteiger partial charge on any atom is 0.246 e. The van der Waals surface area contributed by atoms with Gasteiger partial charge in [-0.25, -0.2) is 0 Å². The first kappa shape index (κ1) is 30.4. The van der Waals surface area contributed by atoms with Crippen LogP contribution in [0.3, 0.4) is 0 Å². The molecule has 2 fully saturated rings. The molecule has 6 N–H and O–H groups in total. The van der Waals surface area contributed by atoms with Crippen LogP contribution < -0.4 is 26.4 Å². The van der Waals surface area contributed by atoms with Crippen LogP contribution in [0.2, 0.25) is 0 Å². The van der Waals surface area contributed by atoms with E-state index in [0.717, 1.165) is 25.7 Å². The van der Waals surface area contributed by atoms with E-state index in [1.54, 1.807) is 23.1 Å². The molecule has 0 bridgehead atoms. The van der Waals surface area contributed by atoms with Crippen molar-refractivity contribution >= 4 is 23.6 Å². The number of nitrogens with one attached hydrogen (secondary N) is 3. The SMILES string of the molecule is CC(=O)NCCCC[C@@H]1NC(=O)[C@@H]2C[C@H](C(=O)NCCCCCCN)[C@H](c3cccc(OCCO)c3)N2C1=O. The molecule has 3 rings (SSSR count). The van der Waals surface area contributed by atoms with Gasteiger partial charge in [-0.05, 0) is 62.8 Å². The zero-order chi connectivity index (χ0) is 28.2. The maximum absolute atomic E-state index is 13.7. The molecule has 2 aliphatic rings. The average molecular weight is 546 g/mol. The number of ether oxygens (including phenoxy) is 1. The zero-order valence-corrected chi connectivity index (χ0v) is 22.8. The molecule has 11 nitrogen and oxygen atoms in total. The van der Waals surface area contributed by atoms with E-state index in [-0.39, 0.29) is 43.3 Å². The third-order valence-corrected chi connectivity index (χ3v) is 7.29. The van der Waals surface area contributed by atoms with Crippen molar-refractivity contribution in [3.63, 3.8) is 0 Å². The molecule has 11 heteroatoms. The summed E-state index contributed by atoms with van der Waals surface area (Å²) >= 11 is 0. The average Bonchev–Trinajstić information content (AvgIpc) is 3.33. The molecule has 39 heavy (non-hydrogen) atoms. The third-order valence-electron chi connectivity index (χ3n) is 7.29. The van der Waals surface area contributed by atoms with E-state index in [2.05, 4.69) is 16.0 Å². The lowest BCUT2D eigenvalue weighted by Crippen LogP contribution is -2.61. The second-order valence-corrected chi connectivity index (χ2v) is 10.2. The lowest BCUT2D eigenvalue weighted by Gasteiger charge is -2.38. The Labute approximate surface area is 230 Å². The molecule has 1 aromatic carbocycles. The van der Waals surface area contributed by atoms with Gasteiger partial charge in [0.15, 0.2) is 0 Å². The quantitative estimate of drug-likeness (QED) is 0.191. The van der Waals surface area contributed by atoms with Gasteiger partial charge in [0, 0.05) is 20.0 Å². The molecular formula is C28H43N5O6. The summed E-state index contributed by atoms with van der Waals surface area (Å²) in [6, 6.07) is 5.12. The molecular weight excluding hydrogens is 502 g/mol. The first-order valence-electron chi connectivity index (χ1n) is 14.1. The van der Waals surface area contributed by atoms with Crippen LogP contribution in [-0.2, 0) is 19.2 Å². The number of rotatable bonds is 16. The maximum atomic E-state index is 13.7. The van der Waals surface area contributed by atoms with Gasteiger partial charge in [0.1, 0.15) is 24.4 Å². The number of amides is 4. The van der Waals surface area contributed by atoms with Gasteiger partial charge in [0.25, 0.3) is 0 Å². The molecule has 1 aromatic rings. The van der Waals surface area contributed by atoms with Gasteiger partial charge in [-0.15, -0.1) is 0 Å². The summed E-state index contributed by atoms with van der Waals surface area (Å²) < 4.78 is 5.59. The molecule has 0 spiro atoms. The number of fused-ring (bicyclic) bond motifs is 1. The van der Waals surface area contributed by atoms with Gasteiger partial charge in [0.05, 0.1) is 18.6 Å². The fraction of sp³-hybridized carbons (Fsp3) is 0.643. The number of benzene rings is 1. The Kier molecular flexibility index (Phi) is 12.0. The summed E-state index contributed by atoms with van der Waals surface area (Å²) in [6.07, 6.45) is 5.78. The number of unbranched alkanes of at least 4 members (excludes halogenated alkanes) is 4. The van der Waals surface area contributed by atoms with Crippen molar-refractivity contribution in [2.75, 3.05) is 32.8 Å². The Bertz CT molecular complexity index is 989. The predicted molar refractivity (Wildman–Crippen MR) is 146 cm³/mol. The number of carbonyl (C=O) groups excluding carboxylic acids is 4. The van der Waals surface area contributed by atoms with Crippen LogP contribution in [-0.4, -0.2) is 78.6 Å². The molecule has 2 saturated heterocycles. The smallest absolute Gasteiger partial charge is 0.246 e. The van der Waals surface area contributed by atoms with Gasteiger partial charge in [-0.2, -0.15) is 0 Å². The van der Waals surface area contributed by atoms with Crippen LogP contribution in [0.4, 0.5) is 0 Å². The first-order chi connectivity index (χ1) is 18.9. The number of aliphatic hydroxyl groups excluding tert-OH is 1. The summed E-state index contributed by atoms with van der Waals surface area (Å²) in [4.78, 5) is 53.0. The van der Waals surface area contributed by atoms with Crippen LogP contribution in [0.15, 0.2) is 24.3 Å². The summed E-state index contributed by atoms with van der Waals surface area (Å²) in [5.74, 6) is -0.820. The Morgan fingerprint density at radius 3 is 2.59 bits per heavy atom. The van der Waals surface area contributed by atoms with Gasteiger partial charge >= 0.3 is 0 Å². The minimum atomic E-state index is -0.736. The summed E-state index contributed by atoms with van der Waals surface area (Å²) in [7, 11) is 0. The van der Waals surface area contributed by atoms with Crippen molar-refractivity contribution in [3.05, 3.63) is 29.8 Å². The molecule has 4 amide bonds. The molecule has 0 unspecified atom stereocenters. The van der Waals surface area contributed by atoms with Crippen molar-refractivity contribution < 1.29 is 29.0 Å². The van der Waals surface area contributed by atoms with Crippen molar-refractivity contribution in [2.45, 2.75) is 76.4 Å². The summed E-state index contributed by atoms with van der Waals surface area (Å²) in [5, 5.41) is 17.8. The topological polar surface area (TPSA) is 163 Å². The fourth-order valence-corrected chi connectivity index (χ4v) is 5.40. The van der Waals surface area contributed by atoms with Crippen LogP contribution in [0.1, 0.15) is 69.9 Å². The lowest BCUT2D eigenvalue weighted by molar-refractivity contribution is -0.149. The summed E-state index contributed by atoms with van der Waals surface area (Å²) in [6.45, 7) is 3.12. The molecule has 0 aliphatic carbocycles. The Morgan fingerprint density at radius 2 is 1.85 bits per heavy atom. The van der Waals surface area contributed by atoms with Gasteiger partial charge < -0.3 is 36.4 Å². The monoisotopic (exact) mass is 545 g/mol. The predicted octanol–water partition coefficient (Wildman–Crippen LogP) is 0.756. The number of aliphatic hydroxyl groups is 1. The molecule has 0 radical (unpaired) electrons. The highest BCUT2D eigenvalue weighted by Crippen LogP contribution is 2.44. The molecule has 2 aliphatic heterocycles. The van der Waals surface area contributed by atoms with Crippen LogP contribution in [0.25, 0.3) is 0 Å². The molecule has 2 heterocycles. The van der Waals surface area contributed by atoms with E-state index in [4.69, 9.17) is 15.6 Å². The zero-order valence-electron chi connectivity index (χ0n) is 22.8. The van der Waals surface area contributed by atoms with Crippen molar-refractivity contribution in [1.29, 1.82) is 0 Å². The van der Waals surface area contributed by atoms with E-state index >= 15 is 0 Å². The van der Waals surface area contributed by atoms with E-state index in [1.807, 2.05) is 6.07 Å². The second-order valence-electron chi connectivity index (χ2n) is 10.2. The number of hydrogen-bond donors (Lipinski definition) is 5. The van der Waals surface area contributed by atoms with Crippen molar-refractivity contribution in [2.24, 2.45) is 11.7 Å². The van der Waals surface area contributed by atoms with Crippen molar-refractivity contribution in [3.8, 4) is 5.75 Å². The van der Waals surface area contributed by atoms with Crippen LogP contribution in [0, 0.1) is 5.92 Å². The number of piperazine rings is 1. The highest BCUT2D eigenvalue weighted by Gasteiger charge is 2.54. The van der Waals surface area contributed by atoms with Crippen LogP contribution >= 0.6 is 0 Å². The first-order valence-corrected chi connectivity index (χ1v) is 14.1. The largest absolute Gasteiger partial charge is 0.491 e. The summed E-state index contributed by atoms with van der Waals surface area (Å²) in [5.41, 5.74) is 6.26.